The van der Waals surface area contributed by atoms with Crippen LogP contribution in [0.25, 0.3) is 0 Å². The molecule has 2 N–H and O–H groups in total. The molecule has 6 nitrogen and oxygen atoms in total. The summed E-state index contributed by atoms with van der Waals surface area (Å²) in [7, 11) is 0. The maximum absolute atomic E-state index is 11.6. The normalized spacial score (nSPS) is 18.2. The number of hydrogen-bond acceptors (Lipinski definition) is 4. The standard InChI is InChI=1S/C12H18N2O4/c1-3-4-5-6-7-8(2)11(16)18-10-9(15)13-12(17)14-10/h10H,2-7H2,1H3,(H2,13,14,15,17). The molecule has 1 saturated heterocycles. The summed E-state index contributed by atoms with van der Waals surface area (Å²) in [5, 5.41) is 4.16. The number of rotatable bonds is 7. The molecule has 0 bridgehead atoms. The molecule has 3 amide bonds. The van der Waals surface area contributed by atoms with Gasteiger partial charge in [-0.3, -0.25) is 15.4 Å². The minimum absolute atomic E-state index is 0.319. The van der Waals surface area contributed by atoms with Crippen LogP contribution in [0.4, 0.5) is 4.79 Å². The summed E-state index contributed by atoms with van der Waals surface area (Å²) in [4.78, 5) is 33.5. The zero-order chi connectivity index (χ0) is 13.5. The van der Waals surface area contributed by atoms with Crippen molar-refractivity contribution >= 4 is 17.9 Å². The van der Waals surface area contributed by atoms with E-state index in [0.29, 0.717) is 12.0 Å². The largest absolute Gasteiger partial charge is 0.428 e. The van der Waals surface area contributed by atoms with Gasteiger partial charge in [0, 0.05) is 5.57 Å². The second-order valence-corrected chi connectivity index (χ2v) is 4.16. The predicted octanol–water partition coefficient (Wildman–Crippen LogP) is 1.22. The molecule has 0 spiro atoms. The molecule has 1 fully saturated rings. The highest BCUT2D eigenvalue weighted by Crippen LogP contribution is 2.11. The minimum atomic E-state index is -1.24. The number of amides is 3. The molecule has 1 rings (SSSR count). The Balaban J connectivity index is 2.29. The van der Waals surface area contributed by atoms with Gasteiger partial charge in [-0.25, -0.2) is 9.59 Å². The number of ether oxygens (including phenoxy) is 1. The Labute approximate surface area is 106 Å². The number of urea groups is 1. The fourth-order valence-electron chi connectivity index (χ4n) is 1.54. The van der Waals surface area contributed by atoms with E-state index in [1.807, 2.05) is 5.32 Å². The molecule has 1 unspecified atom stereocenters. The van der Waals surface area contributed by atoms with Gasteiger partial charge in [-0.15, -0.1) is 0 Å². The SMILES string of the molecule is C=C(CCCCCC)C(=O)OC1NC(=O)NC1=O. The van der Waals surface area contributed by atoms with E-state index in [9.17, 15) is 14.4 Å². The molecule has 1 atom stereocenters. The highest BCUT2D eigenvalue weighted by atomic mass is 16.6. The average Bonchev–Trinajstić information content (AvgIpc) is 2.63. The second-order valence-electron chi connectivity index (χ2n) is 4.16. The number of imide groups is 1. The van der Waals surface area contributed by atoms with Crippen molar-refractivity contribution in [1.82, 2.24) is 10.6 Å². The molecule has 0 aromatic heterocycles. The molecule has 6 heteroatoms. The molecule has 0 radical (unpaired) electrons. The fourth-order valence-corrected chi connectivity index (χ4v) is 1.54. The van der Waals surface area contributed by atoms with Crippen molar-refractivity contribution in [3.8, 4) is 0 Å². The van der Waals surface area contributed by atoms with Crippen LogP contribution in [-0.2, 0) is 14.3 Å². The van der Waals surface area contributed by atoms with E-state index < -0.39 is 24.1 Å². The monoisotopic (exact) mass is 254 g/mol. The molecule has 1 aliphatic rings. The number of esters is 1. The Morgan fingerprint density at radius 3 is 2.61 bits per heavy atom. The molecule has 1 heterocycles. The van der Waals surface area contributed by atoms with Gasteiger partial charge in [0.05, 0.1) is 0 Å². The smallest absolute Gasteiger partial charge is 0.335 e. The topological polar surface area (TPSA) is 84.5 Å². The maximum Gasteiger partial charge on any atom is 0.335 e. The van der Waals surface area contributed by atoms with Crippen molar-refractivity contribution in [3.05, 3.63) is 12.2 Å². The molecule has 0 aromatic carbocycles. The highest BCUT2D eigenvalue weighted by Gasteiger charge is 2.33. The Morgan fingerprint density at radius 1 is 1.33 bits per heavy atom. The van der Waals surface area contributed by atoms with E-state index in [-0.39, 0.29) is 0 Å². The van der Waals surface area contributed by atoms with Gasteiger partial charge >= 0.3 is 12.0 Å². The molecule has 18 heavy (non-hydrogen) atoms. The van der Waals surface area contributed by atoms with Gasteiger partial charge in [-0.1, -0.05) is 32.8 Å². The van der Waals surface area contributed by atoms with Crippen molar-refractivity contribution in [3.63, 3.8) is 0 Å². The molecule has 0 aromatic rings. The molecule has 1 aliphatic heterocycles. The van der Waals surface area contributed by atoms with Gasteiger partial charge in [-0.05, 0) is 12.8 Å². The zero-order valence-electron chi connectivity index (χ0n) is 10.5. The lowest BCUT2D eigenvalue weighted by molar-refractivity contribution is -0.151. The van der Waals surface area contributed by atoms with E-state index in [1.165, 1.54) is 0 Å². The molecule has 0 saturated carbocycles. The first kappa shape index (κ1) is 14.2. The average molecular weight is 254 g/mol. The summed E-state index contributed by atoms with van der Waals surface area (Å²) in [5.74, 6) is -1.30. The third-order valence-corrected chi connectivity index (χ3v) is 2.58. The lowest BCUT2D eigenvalue weighted by Gasteiger charge is -2.10. The van der Waals surface area contributed by atoms with Gasteiger partial charge in [0.2, 0.25) is 0 Å². The van der Waals surface area contributed by atoms with E-state index >= 15 is 0 Å². The second kappa shape index (κ2) is 6.78. The van der Waals surface area contributed by atoms with Crippen LogP contribution in [0.1, 0.15) is 39.0 Å². The van der Waals surface area contributed by atoms with Gasteiger partial charge in [0.25, 0.3) is 12.1 Å². The fraction of sp³-hybridized carbons (Fsp3) is 0.583. The highest BCUT2D eigenvalue weighted by molar-refractivity contribution is 6.04. The first-order valence-corrected chi connectivity index (χ1v) is 6.04. The van der Waals surface area contributed by atoms with Crippen LogP contribution in [-0.4, -0.2) is 24.1 Å². The van der Waals surface area contributed by atoms with E-state index in [4.69, 9.17) is 4.74 Å². The van der Waals surface area contributed by atoms with E-state index in [0.717, 1.165) is 25.7 Å². The summed E-state index contributed by atoms with van der Waals surface area (Å²) in [6.45, 7) is 5.72. The summed E-state index contributed by atoms with van der Waals surface area (Å²) in [5.41, 5.74) is 0.319. The Morgan fingerprint density at radius 2 is 2.06 bits per heavy atom. The van der Waals surface area contributed by atoms with Crippen LogP contribution in [0.5, 0.6) is 0 Å². The first-order valence-electron chi connectivity index (χ1n) is 6.04. The van der Waals surface area contributed by atoms with E-state index in [1.54, 1.807) is 0 Å². The predicted molar refractivity (Wildman–Crippen MR) is 64.5 cm³/mol. The number of hydrogen-bond donors (Lipinski definition) is 2. The van der Waals surface area contributed by atoms with Gasteiger partial charge in [-0.2, -0.15) is 0 Å². The van der Waals surface area contributed by atoms with Crippen LogP contribution in [0.2, 0.25) is 0 Å². The van der Waals surface area contributed by atoms with Gasteiger partial charge < -0.3 is 4.74 Å². The van der Waals surface area contributed by atoms with Gasteiger partial charge in [0.1, 0.15) is 0 Å². The summed E-state index contributed by atoms with van der Waals surface area (Å²) in [6, 6.07) is -0.661. The number of nitrogens with one attached hydrogen (secondary N) is 2. The van der Waals surface area contributed by atoms with Crippen molar-refractivity contribution in [2.24, 2.45) is 0 Å². The van der Waals surface area contributed by atoms with Crippen molar-refractivity contribution in [1.29, 1.82) is 0 Å². The van der Waals surface area contributed by atoms with Gasteiger partial charge in [0.15, 0.2) is 0 Å². The van der Waals surface area contributed by atoms with Crippen molar-refractivity contribution < 1.29 is 19.1 Å². The van der Waals surface area contributed by atoms with Crippen LogP contribution < -0.4 is 10.6 Å². The Bertz CT molecular complexity index is 365. The molecular weight excluding hydrogens is 236 g/mol. The van der Waals surface area contributed by atoms with Crippen LogP contribution >= 0.6 is 0 Å². The zero-order valence-corrected chi connectivity index (χ0v) is 10.5. The Hall–Kier alpha value is -1.85. The van der Waals surface area contributed by atoms with Crippen LogP contribution in [0.3, 0.4) is 0 Å². The van der Waals surface area contributed by atoms with Crippen molar-refractivity contribution in [2.45, 2.75) is 45.3 Å². The number of carbonyl (C=O) groups excluding carboxylic acids is 3. The van der Waals surface area contributed by atoms with Crippen LogP contribution in [0, 0.1) is 0 Å². The Kier molecular flexibility index (Phi) is 5.35. The quantitative estimate of drug-likeness (QED) is 0.309. The molecule has 0 aliphatic carbocycles. The number of unbranched alkanes of at least 4 members (excludes halogenated alkanes) is 3. The third-order valence-electron chi connectivity index (χ3n) is 2.58. The molecule has 100 valence electrons. The first-order chi connectivity index (χ1) is 8.54. The number of carbonyl (C=O) groups is 3. The summed E-state index contributed by atoms with van der Waals surface area (Å²) < 4.78 is 4.83. The molecular formula is C12H18N2O4. The summed E-state index contributed by atoms with van der Waals surface area (Å²) >= 11 is 0. The minimum Gasteiger partial charge on any atom is -0.428 e. The van der Waals surface area contributed by atoms with Crippen LogP contribution in [0.15, 0.2) is 12.2 Å². The lowest BCUT2D eigenvalue weighted by Crippen LogP contribution is -2.34. The van der Waals surface area contributed by atoms with E-state index in [2.05, 4.69) is 18.8 Å². The lowest BCUT2D eigenvalue weighted by atomic mass is 10.1. The maximum atomic E-state index is 11.6. The van der Waals surface area contributed by atoms with Crippen molar-refractivity contribution in [2.75, 3.05) is 0 Å². The third kappa shape index (κ3) is 4.20. The summed E-state index contributed by atoms with van der Waals surface area (Å²) in [6.07, 6.45) is 3.43.